The number of thiophene rings is 1. The van der Waals surface area contributed by atoms with Crippen LogP contribution in [0.3, 0.4) is 0 Å². The first kappa shape index (κ1) is 28.2. The van der Waals surface area contributed by atoms with Crippen molar-refractivity contribution in [2.45, 2.75) is 0 Å². The predicted molar refractivity (Wildman–Crippen MR) is 209 cm³/mol. The molecule has 0 atom stereocenters. The summed E-state index contributed by atoms with van der Waals surface area (Å²) < 4.78 is 15.3. The lowest BCUT2D eigenvalue weighted by molar-refractivity contribution is 0.668. The molecule has 6 heteroatoms. The lowest BCUT2D eigenvalue weighted by atomic mass is 10.00. The van der Waals surface area contributed by atoms with Crippen LogP contribution in [0.5, 0.6) is 0 Å². The summed E-state index contributed by atoms with van der Waals surface area (Å²) in [4.78, 5) is 15.0. The van der Waals surface area contributed by atoms with Crippen LogP contribution in [0.15, 0.2) is 160 Å². The zero-order chi connectivity index (χ0) is 33.5. The minimum absolute atomic E-state index is 0.591. The van der Waals surface area contributed by atoms with Crippen molar-refractivity contribution < 1.29 is 8.83 Å². The molecule has 11 aromatic rings. The van der Waals surface area contributed by atoms with Gasteiger partial charge in [0.05, 0.1) is 0 Å². The minimum atomic E-state index is 0.591. The van der Waals surface area contributed by atoms with E-state index in [9.17, 15) is 0 Å². The molecule has 0 spiro atoms. The topological polar surface area (TPSA) is 65.0 Å². The van der Waals surface area contributed by atoms with E-state index in [1.807, 2.05) is 60.7 Å². The van der Waals surface area contributed by atoms with E-state index in [0.717, 1.165) is 71.7 Å². The molecule has 0 aliphatic rings. The quantitative estimate of drug-likeness (QED) is 0.186. The normalized spacial score (nSPS) is 11.9. The molecule has 4 heterocycles. The highest BCUT2D eigenvalue weighted by Crippen LogP contribution is 2.40. The zero-order valence-electron chi connectivity index (χ0n) is 27.0. The Balaban J connectivity index is 1.05. The Hall–Kier alpha value is -6.63. The Labute approximate surface area is 295 Å². The summed E-state index contributed by atoms with van der Waals surface area (Å²) in [5.41, 5.74) is 8.23. The van der Waals surface area contributed by atoms with Gasteiger partial charge in [0.1, 0.15) is 22.3 Å². The SMILES string of the molecule is c1ccc(-c2nc(-c3ccc4c(c3)oc3ccc(-c5cccc6c5oc5ccccc56)cc34)nc(-c3ccc4sc5ccccc5c4c3)n2)cc1. The second-order valence-electron chi connectivity index (χ2n) is 12.8. The molecule has 0 amide bonds. The summed E-state index contributed by atoms with van der Waals surface area (Å²) in [6.07, 6.45) is 0. The van der Waals surface area contributed by atoms with Crippen molar-refractivity contribution in [2.24, 2.45) is 0 Å². The third kappa shape index (κ3) is 4.50. The number of hydrogen-bond donors (Lipinski definition) is 0. The van der Waals surface area contributed by atoms with Crippen molar-refractivity contribution in [2.75, 3.05) is 0 Å². The zero-order valence-corrected chi connectivity index (χ0v) is 27.8. The molecule has 0 saturated carbocycles. The molecule has 0 N–H and O–H groups in total. The first-order valence-corrected chi connectivity index (χ1v) is 17.7. The smallest absolute Gasteiger partial charge is 0.164 e. The third-order valence-electron chi connectivity index (χ3n) is 9.75. The number of para-hydroxylation sites is 2. The molecule has 51 heavy (non-hydrogen) atoms. The first-order chi connectivity index (χ1) is 25.2. The van der Waals surface area contributed by atoms with Gasteiger partial charge < -0.3 is 8.83 Å². The lowest BCUT2D eigenvalue weighted by Gasteiger charge is -2.09. The predicted octanol–water partition coefficient (Wildman–Crippen LogP) is 12.7. The Morgan fingerprint density at radius 1 is 0.353 bits per heavy atom. The summed E-state index contributed by atoms with van der Waals surface area (Å²) in [7, 11) is 0. The number of furan rings is 2. The maximum atomic E-state index is 6.46. The molecular weight excluding hydrogens is 647 g/mol. The molecule has 7 aromatic carbocycles. The molecule has 0 radical (unpaired) electrons. The van der Waals surface area contributed by atoms with Crippen molar-refractivity contribution in [3.05, 3.63) is 152 Å². The number of fused-ring (bicyclic) bond motifs is 9. The molecule has 0 aliphatic carbocycles. The molecule has 4 aromatic heterocycles. The average Bonchev–Trinajstić information content (AvgIpc) is 3.88. The van der Waals surface area contributed by atoms with E-state index in [4.69, 9.17) is 23.8 Å². The second kappa shape index (κ2) is 10.9. The van der Waals surface area contributed by atoms with Crippen molar-refractivity contribution in [1.29, 1.82) is 0 Å². The second-order valence-corrected chi connectivity index (χ2v) is 13.9. The summed E-state index contributed by atoms with van der Waals surface area (Å²) in [5, 5.41) is 6.74. The highest BCUT2D eigenvalue weighted by molar-refractivity contribution is 7.25. The van der Waals surface area contributed by atoms with Crippen LogP contribution >= 0.6 is 11.3 Å². The van der Waals surface area contributed by atoms with E-state index in [1.165, 1.54) is 20.2 Å². The van der Waals surface area contributed by atoms with Crippen molar-refractivity contribution in [3.8, 4) is 45.3 Å². The standard InChI is InChI=1S/C45H25N3O2S/c1-2-9-26(10-3-1)43-46-44(28-19-22-41-36(24-28)33-12-5-7-16-40(33)51-41)48-45(47-43)29-17-20-32-35-23-27(18-21-38(35)49-39(32)25-29)30-13-8-14-34-31-11-4-6-15-37(31)50-42(30)34/h1-25H. The lowest BCUT2D eigenvalue weighted by Crippen LogP contribution is -2.00. The van der Waals surface area contributed by atoms with E-state index in [0.29, 0.717) is 17.5 Å². The van der Waals surface area contributed by atoms with E-state index < -0.39 is 0 Å². The number of hydrogen-bond acceptors (Lipinski definition) is 6. The van der Waals surface area contributed by atoms with Crippen molar-refractivity contribution >= 4 is 75.4 Å². The molecule has 0 aliphatic heterocycles. The molecule has 5 nitrogen and oxygen atoms in total. The van der Waals surface area contributed by atoms with Crippen LogP contribution in [0.25, 0.3) is 109 Å². The summed E-state index contributed by atoms with van der Waals surface area (Å²) in [6, 6.07) is 52.2. The fourth-order valence-electron chi connectivity index (χ4n) is 7.27. The molecule has 0 unspecified atom stereocenters. The minimum Gasteiger partial charge on any atom is -0.456 e. The average molecular weight is 672 g/mol. The molecule has 238 valence electrons. The molecular formula is C45H25N3O2S. The number of rotatable bonds is 4. The number of aromatic nitrogens is 3. The monoisotopic (exact) mass is 671 g/mol. The van der Waals surface area contributed by atoms with Gasteiger partial charge in [0.15, 0.2) is 17.5 Å². The highest BCUT2D eigenvalue weighted by atomic mass is 32.1. The Morgan fingerprint density at radius 2 is 0.980 bits per heavy atom. The largest absolute Gasteiger partial charge is 0.456 e. The van der Waals surface area contributed by atoms with Crippen molar-refractivity contribution in [1.82, 2.24) is 15.0 Å². The van der Waals surface area contributed by atoms with Gasteiger partial charge in [-0.15, -0.1) is 11.3 Å². The molecule has 0 saturated heterocycles. The highest BCUT2D eigenvalue weighted by Gasteiger charge is 2.17. The van der Waals surface area contributed by atoms with Crippen LogP contribution in [0.2, 0.25) is 0 Å². The first-order valence-electron chi connectivity index (χ1n) is 16.8. The molecule has 0 fully saturated rings. The van der Waals surface area contributed by atoms with Crippen LogP contribution in [-0.4, -0.2) is 15.0 Å². The van der Waals surface area contributed by atoms with Gasteiger partial charge >= 0.3 is 0 Å². The number of nitrogens with zero attached hydrogens (tertiary/aromatic N) is 3. The van der Waals surface area contributed by atoms with Crippen LogP contribution < -0.4 is 0 Å². The van der Waals surface area contributed by atoms with Gasteiger partial charge in [0.25, 0.3) is 0 Å². The Bertz CT molecular complexity index is 3160. The van der Waals surface area contributed by atoms with E-state index >= 15 is 0 Å². The van der Waals surface area contributed by atoms with Crippen LogP contribution in [0, 0.1) is 0 Å². The van der Waals surface area contributed by atoms with Crippen LogP contribution in [0.1, 0.15) is 0 Å². The van der Waals surface area contributed by atoms with Gasteiger partial charge in [0.2, 0.25) is 0 Å². The van der Waals surface area contributed by atoms with Gasteiger partial charge in [-0.05, 0) is 60.2 Å². The fraction of sp³-hybridized carbons (Fsp3) is 0. The van der Waals surface area contributed by atoms with Crippen molar-refractivity contribution in [3.63, 3.8) is 0 Å². The molecule has 0 bridgehead atoms. The Kier molecular flexibility index (Phi) is 6.05. The summed E-state index contributed by atoms with van der Waals surface area (Å²) in [5.74, 6) is 1.85. The van der Waals surface area contributed by atoms with Gasteiger partial charge in [-0.2, -0.15) is 0 Å². The van der Waals surface area contributed by atoms with Gasteiger partial charge in [-0.25, -0.2) is 15.0 Å². The van der Waals surface area contributed by atoms with Gasteiger partial charge in [-0.3, -0.25) is 0 Å². The third-order valence-corrected chi connectivity index (χ3v) is 10.9. The van der Waals surface area contributed by atoms with E-state index in [1.54, 1.807) is 11.3 Å². The van der Waals surface area contributed by atoms with E-state index in [-0.39, 0.29) is 0 Å². The molecule has 11 rings (SSSR count). The maximum absolute atomic E-state index is 6.46. The summed E-state index contributed by atoms with van der Waals surface area (Å²) >= 11 is 1.80. The number of benzene rings is 7. The van der Waals surface area contributed by atoms with Crippen LogP contribution in [-0.2, 0) is 0 Å². The van der Waals surface area contributed by atoms with Gasteiger partial charge in [-0.1, -0.05) is 97.1 Å². The maximum Gasteiger partial charge on any atom is 0.164 e. The van der Waals surface area contributed by atoms with Gasteiger partial charge in [0, 0.05) is 64.0 Å². The fourth-order valence-corrected chi connectivity index (χ4v) is 8.36. The van der Waals surface area contributed by atoms with E-state index in [2.05, 4.69) is 91.0 Å². The Morgan fingerprint density at radius 3 is 1.86 bits per heavy atom. The summed E-state index contributed by atoms with van der Waals surface area (Å²) in [6.45, 7) is 0. The van der Waals surface area contributed by atoms with Crippen LogP contribution in [0.4, 0.5) is 0 Å².